The maximum Gasteiger partial charge on any atom is 0.338 e. The van der Waals surface area contributed by atoms with Crippen LogP contribution in [0.25, 0.3) is 0 Å². The van der Waals surface area contributed by atoms with E-state index in [9.17, 15) is 14.7 Å². The predicted molar refractivity (Wildman–Crippen MR) is 82.8 cm³/mol. The van der Waals surface area contributed by atoms with Crippen LogP contribution in [-0.4, -0.2) is 35.2 Å². The summed E-state index contributed by atoms with van der Waals surface area (Å²) in [6.45, 7) is 3.70. The number of carboxylic acids is 1. The summed E-state index contributed by atoms with van der Waals surface area (Å²) in [5, 5.41) is 14.7. The van der Waals surface area contributed by atoms with Crippen molar-refractivity contribution >= 4 is 29.4 Å². The van der Waals surface area contributed by atoms with Crippen LogP contribution in [-0.2, 0) is 0 Å². The van der Waals surface area contributed by atoms with Gasteiger partial charge >= 0.3 is 12.0 Å². The Kier molecular flexibility index (Phi) is 6.38. The van der Waals surface area contributed by atoms with Gasteiger partial charge in [0.25, 0.3) is 0 Å². The van der Waals surface area contributed by atoms with Crippen molar-refractivity contribution in [1.82, 2.24) is 5.32 Å². The van der Waals surface area contributed by atoms with Gasteiger partial charge in [-0.2, -0.15) is 11.8 Å². The van der Waals surface area contributed by atoms with Crippen molar-refractivity contribution in [2.24, 2.45) is 0 Å². The average molecular weight is 296 g/mol. The molecule has 3 N–H and O–H groups in total. The number of anilines is 1. The lowest BCUT2D eigenvalue weighted by Gasteiger charge is -2.17. The van der Waals surface area contributed by atoms with Crippen LogP contribution < -0.4 is 10.6 Å². The molecule has 0 bridgehead atoms. The minimum atomic E-state index is -1.05. The van der Waals surface area contributed by atoms with Crippen molar-refractivity contribution in [2.45, 2.75) is 26.3 Å². The number of nitrogens with one attached hydrogen (secondary N) is 2. The number of amides is 2. The summed E-state index contributed by atoms with van der Waals surface area (Å²) in [5.41, 5.74) is 1.06. The van der Waals surface area contributed by atoms with E-state index in [2.05, 4.69) is 10.6 Å². The zero-order chi connectivity index (χ0) is 15.1. The fraction of sp³-hybridized carbons (Fsp3) is 0.429. The van der Waals surface area contributed by atoms with Gasteiger partial charge in [0.05, 0.1) is 11.3 Å². The number of aromatic carboxylic acids is 1. The molecule has 1 atom stereocenters. The lowest BCUT2D eigenvalue weighted by atomic mass is 10.1. The van der Waals surface area contributed by atoms with Crippen LogP contribution in [0.1, 0.15) is 29.3 Å². The van der Waals surface area contributed by atoms with Crippen LogP contribution in [0.2, 0.25) is 0 Å². The molecule has 110 valence electrons. The Morgan fingerprint density at radius 1 is 1.40 bits per heavy atom. The third-order valence-electron chi connectivity index (χ3n) is 2.93. The number of hydrogen-bond acceptors (Lipinski definition) is 3. The van der Waals surface area contributed by atoms with Gasteiger partial charge in [-0.1, -0.05) is 19.1 Å². The average Bonchev–Trinajstić information content (AvgIpc) is 2.37. The summed E-state index contributed by atoms with van der Waals surface area (Å²) in [6.07, 6.45) is 2.80. The fourth-order valence-electron chi connectivity index (χ4n) is 1.86. The Hall–Kier alpha value is -1.69. The Bertz CT molecular complexity index is 491. The Labute approximate surface area is 123 Å². The number of aryl methyl sites for hydroxylation is 1. The minimum Gasteiger partial charge on any atom is -0.478 e. The van der Waals surface area contributed by atoms with Crippen molar-refractivity contribution in [3.05, 3.63) is 29.3 Å². The number of hydrogen-bond donors (Lipinski definition) is 3. The molecule has 1 aromatic carbocycles. The number of urea groups is 1. The molecule has 0 saturated heterocycles. The summed E-state index contributed by atoms with van der Waals surface area (Å²) < 4.78 is 0. The van der Waals surface area contributed by atoms with Crippen molar-refractivity contribution in [2.75, 3.05) is 17.3 Å². The third-order valence-corrected chi connectivity index (χ3v) is 3.67. The van der Waals surface area contributed by atoms with Crippen LogP contribution >= 0.6 is 11.8 Å². The molecule has 0 aliphatic rings. The standard InChI is InChI=1S/C14H20N2O3S/c1-4-10(8-20-3)15-14(19)16-11-7-5-6-9(2)12(11)13(17)18/h5-7,10H,4,8H2,1-3H3,(H,17,18)(H2,15,16,19). The Morgan fingerprint density at radius 3 is 2.65 bits per heavy atom. The van der Waals surface area contributed by atoms with Crippen LogP contribution in [0.5, 0.6) is 0 Å². The number of thioether (sulfide) groups is 1. The monoisotopic (exact) mass is 296 g/mol. The van der Waals surface area contributed by atoms with Crippen LogP contribution in [0.4, 0.5) is 10.5 Å². The molecule has 0 spiro atoms. The van der Waals surface area contributed by atoms with Crippen molar-refractivity contribution in [1.29, 1.82) is 0 Å². The topological polar surface area (TPSA) is 78.4 Å². The molecule has 0 saturated carbocycles. The van der Waals surface area contributed by atoms with E-state index in [0.29, 0.717) is 11.3 Å². The highest BCUT2D eigenvalue weighted by Crippen LogP contribution is 2.19. The van der Waals surface area contributed by atoms with Gasteiger partial charge in [-0.15, -0.1) is 0 Å². The van der Waals surface area contributed by atoms with Gasteiger partial charge in [-0.05, 0) is 31.2 Å². The van der Waals surface area contributed by atoms with Crippen LogP contribution in [0.3, 0.4) is 0 Å². The summed E-state index contributed by atoms with van der Waals surface area (Å²) in [6, 6.07) is 4.71. The Balaban J connectivity index is 2.80. The first-order valence-electron chi connectivity index (χ1n) is 6.39. The second kappa shape index (κ2) is 7.79. The molecule has 1 unspecified atom stereocenters. The van der Waals surface area contributed by atoms with E-state index >= 15 is 0 Å². The van der Waals surface area contributed by atoms with Gasteiger partial charge in [0.15, 0.2) is 0 Å². The number of carboxylic acid groups (broad SMARTS) is 1. The Morgan fingerprint density at radius 2 is 2.10 bits per heavy atom. The number of carbonyl (C=O) groups is 2. The van der Waals surface area contributed by atoms with E-state index in [1.807, 2.05) is 13.2 Å². The van der Waals surface area contributed by atoms with Crippen molar-refractivity contribution in [3.8, 4) is 0 Å². The fourth-order valence-corrected chi connectivity index (χ4v) is 2.58. The molecule has 0 radical (unpaired) electrons. The van der Waals surface area contributed by atoms with Gasteiger partial charge in [-0.25, -0.2) is 9.59 Å². The number of benzene rings is 1. The highest BCUT2D eigenvalue weighted by atomic mass is 32.2. The minimum absolute atomic E-state index is 0.0723. The van der Waals surface area contributed by atoms with E-state index in [-0.39, 0.29) is 17.6 Å². The molecule has 0 heterocycles. The maximum absolute atomic E-state index is 11.9. The largest absolute Gasteiger partial charge is 0.478 e. The zero-order valence-electron chi connectivity index (χ0n) is 11.9. The van der Waals surface area contributed by atoms with E-state index < -0.39 is 5.97 Å². The zero-order valence-corrected chi connectivity index (χ0v) is 12.7. The first-order valence-corrected chi connectivity index (χ1v) is 7.78. The molecule has 0 aliphatic carbocycles. The molecule has 6 heteroatoms. The first-order chi connectivity index (χ1) is 9.49. The molecule has 0 aliphatic heterocycles. The quantitative estimate of drug-likeness (QED) is 0.754. The normalized spacial score (nSPS) is 11.8. The molecular weight excluding hydrogens is 276 g/mol. The second-order valence-corrected chi connectivity index (χ2v) is 5.37. The van der Waals surface area contributed by atoms with Crippen molar-refractivity contribution in [3.63, 3.8) is 0 Å². The number of rotatable bonds is 6. The third kappa shape index (κ3) is 4.45. The molecular formula is C14H20N2O3S. The summed E-state index contributed by atoms with van der Waals surface area (Å²) in [5.74, 6) is -0.224. The van der Waals surface area contributed by atoms with E-state index in [1.165, 1.54) is 0 Å². The smallest absolute Gasteiger partial charge is 0.338 e. The van der Waals surface area contributed by atoms with Gasteiger partial charge in [0, 0.05) is 11.8 Å². The van der Waals surface area contributed by atoms with Crippen LogP contribution in [0.15, 0.2) is 18.2 Å². The first kappa shape index (κ1) is 16.4. The number of carbonyl (C=O) groups excluding carboxylic acids is 1. The summed E-state index contributed by atoms with van der Waals surface area (Å²) in [4.78, 5) is 23.1. The van der Waals surface area contributed by atoms with Gasteiger partial charge in [-0.3, -0.25) is 0 Å². The van der Waals surface area contributed by atoms with Crippen LogP contribution in [0, 0.1) is 6.92 Å². The molecule has 5 nitrogen and oxygen atoms in total. The molecule has 1 aromatic rings. The SMILES string of the molecule is CCC(CSC)NC(=O)Nc1cccc(C)c1C(=O)O. The lowest BCUT2D eigenvalue weighted by molar-refractivity contribution is 0.0697. The highest BCUT2D eigenvalue weighted by Gasteiger charge is 2.16. The highest BCUT2D eigenvalue weighted by molar-refractivity contribution is 7.98. The van der Waals surface area contributed by atoms with Gasteiger partial charge < -0.3 is 15.7 Å². The van der Waals surface area contributed by atoms with Gasteiger partial charge in [0.2, 0.25) is 0 Å². The molecule has 2 amide bonds. The van der Waals surface area contributed by atoms with E-state index in [4.69, 9.17) is 0 Å². The molecule has 0 aromatic heterocycles. The van der Waals surface area contributed by atoms with Gasteiger partial charge in [0.1, 0.15) is 0 Å². The molecule has 1 rings (SSSR count). The maximum atomic E-state index is 11.9. The summed E-state index contributed by atoms with van der Waals surface area (Å²) in [7, 11) is 0. The molecule has 20 heavy (non-hydrogen) atoms. The van der Waals surface area contributed by atoms with Crippen molar-refractivity contribution < 1.29 is 14.7 Å². The molecule has 0 fully saturated rings. The lowest BCUT2D eigenvalue weighted by Crippen LogP contribution is -2.39. The van der Waals surface area contributed by atoms with E-state index in [1.54, 1.807) is 36.9 Å². The van der Waals surface area contributed by atoms with E-state index in [0.717, 1.165) is 12.2 Å². The second-order valence-electron chi connectivity index (χ2n) is 4.46. The summed E-state index contributed by atoms with van der Waals surface area (Å²) >= 11 is 1.66. The predicted octanol–water partition coefficient (Wildman–Crippen LogP) is 2.96.